The number of nitrogens with one attached hydrogen (secondary N) is 1. The van der Waals surface area contributed by atoms with Crippen molar-refractivity contribution in [2.45, 2.75) is 50.3 Å². The predicted molar refractivity (Wildman–Crippen MR) is 153 cm³/mol. The van der Waals surface area contributed by atoms with Crippen LogP contribution in [-0.2, 0) is 32.3 Å². The lowest BCUT2D eigenvalue weighted by atomic mass is 10.1. The Bertz CT molecular complexity index is 1470. The number of rotatable bonds is 13. The number of alkyl halides is 3. The molecule has 1 atom stereocenters. The summed E-state index contributed by atoms with van der Waals surface area (Å²) >= 11 is 0. The van der Waals surface area contributed by atoms with Crippen LogP contribution in [0.4, 0.5) is 18.9 Å². The van der Waals surface area contributed by atoms with Crippen LogP contribution < -0.4 is 14.4 Å². The van der Waals surface area contributed by atoms with Gasteiger partial charge in [-0.1, -0.05) is 49.7 Å². The van der Waals surface area contributed by atoms with E-state index < -0.39 is 46.2 Å². The number of halogens is 3. The van der Waals surface area contributed by atoms with Crippen molar-refractivity contribution in [3.05, 3.63) is 90.0 Å². The van der Waals surface area contributed by atoms with Gasteiger partial charge in [0.25, 0.3) is 10.0 Å². The number of anilines is 1. The largest absolute Gasteiger partial charge is 0.497 e. The molecule has 3 aromatic carbocycles. The number of nitrogens with zero attached hydrogens (tertiary/aromatic N) is 2. The Morgan fingerprint density at radius 1 is 0.976 bits per heavy atom. The third-order valence-electron chi connectivity index (χ3n) is 6.56. The van der Waals surface area contributed by atoms with E-state index in [1.807, 2.05) is 6.92 Å². The van der Waals surface area contributed by atoms with Gasteiger partial charge in [-0.05, 0) is 61.4 Å². The molecule has 2 amide bonds. The zero-order chi connectivity index (χ0) is 30.9. The number of ether oxygens (including phenoxy) is 1. The van der Waals surface area contributed by atoms with Gasteiger partial charge in [0.1, 0.15) is 18.3 Å². The Kier molecular flexibility index (Phi) is 11.0. The van der Waals surface area contributed by atoms with Gasteiger partial charge in [0.2, 0.25) is 11.8 Å². The number of methoxy groups -OCH3 is 1. The molecule has 0 fully saturated rings. The van der Waals surface area contributed by atoms with E-state index in [1.54, 1.807) is 30.3 Å². The minimum absolute atomic E-state index is 0.0831. The Labute approximate surface area is 244 Å². The van der Waals surface area contributed by atoms with E-state index in [0.29, 0.717) is 28.2 Å². The molecule has 1 N–H and O–H groups in total. The number of unbranched alkanes of at least 4 members (excludes halogenated alkanes) is 1. The number of carbonyl (C=O) groups excluding carboxylic acids is 2. The van der Waals surface area contributed by atoms with Gasteiger partial charge in [0, 0.05) is 13.1 Å². The summed E-state index contributed by atoms with van der Waals surface area (Å²) in [5, 5.41) is 2.78. The van der Waals surface area contributed by atoms with Crippen molar-refractivity contribution in [1.82, 2.24) is 10.2 Å². The Morgan fingerprint density at radius 2 is 1.67 bits per heavy atom. The summed E-state index contributed by atoms with van der Waals surface area (Å²) in [4.78, 5) is 27.9. The molecule has 0 heterocycles. The first-order valence-electron chi connectivity index (χ1n) is 13.3. The minimum Gasteiger partial charge on any atom is -0.497 e. The van der Waals surface area contributed by atoms with Gasteiger partial charge in [0.05, 0.1) is 23.3 Å². The van der Waals surface area contributed by atoms with E-state index >= 15 is 0 Å². The first kappa shape index (κ1) is 32.5. The van der Waals surface area contributed by atoms with E-state index in [2.05, 4.69) is 5.32 Å². The molecule has 0 unspecified atom stereocenters. The first-order valence-corrected chi connectivity index (χ1v) is 14.8. The summed E-state index contributed by atoms with van der Waals surface area (Å²) in [6, 6.07) is 16.7. The molecular weight excluding hydrogens is 571 g/mol. The van der Waals surface area contributed by atoms with Gasteiger partial charge < -0.3 is 15.0 Å². The SMILES string of the molecule is CCCCNC(=O)[C@H](C)N(Cc1cccc(OC)c1)C(=O)CN(c1cccc(C(F)(F)F)c1)S(=O)(=O)c1ccccc1. The van der Waals surface area contributed by atoms with Crippen LogP contribution in [0, 0.1) is 0 Å². The van der Waals surface area contributed by atoms with Gasteiger partial charge in [-0.2, -0.15) is 13.2 Å². The van der Waals surface area contributed by atoms with Gasteiger partial charge in [0.15, 0.2) is 0 Å². The molecule has 0 aromatic heterocycles. The molecule has 0 saturated carbocycles. The Morgan fingerprint density at radius 3 is 2.31 bits per heavy atom. The normalized spacial score (nSPS) is 12.3. The van der Waals surface area contributed by atoms with Crippen LogP contribution in [-0.4, -0.2) is 51.4 Å². The number of sulfonamides is 1. The third kappa shape index (κ3) is 8.25. The van der Waals surface area contributed by atoms with E-state index in [4.69, 9.17) is 4.74 Å². The van der Waals surface area contributed by atoms with Gasteiger partial charge in [-0.3, -0.25) is 13.9 Å². The molecule has 0 saturated heterocycles. The van der Waals surface area contributed by atoms with Crippen LogP contribution in [0.15, 0.2) is 83.8 Å². The van der Waals surface area contributed by atoms with Crippen molar-refractivity contribution in [2.24, 2.45) is 0 Å². The molecule has 0 aliphatic rings. The number of carbonyl (C=O) groups is 2. The monoisotopic (exact) mass is 605 g/mol. The van der Waals surface area contributed by atoms with Crippen molar-refractivity contribution < 1.29 is 35.9 Å². The predicted octanol–water partition coefficient (Wildman–Crippen LogP) is 5.24. The molecule has 0 radical (unpaired) electrons. The summed E-state index contributed by atoms with van der Waals surface area (Å²) in [7, 11) is -3.01. The molecule has 3 rings (SSSR count). The van der Waals surface area contributed by atoms with Crippen molar-refractivity contribution >= 4 is 27.5 Å². The van der Waals surface area contributed by atoms with E-state index in [1.165, 1.54) is 49.3 Å². The molecule has 3 aromatic rings. The van der Waals surface area contributed by atoms with E-state index in [9.17, 15) is 31.2 Å². The average molecular weight is 606 g/mol. The summed E-state index contributed by atoms with van der Waals surface area (Å²) in [6.45, 7) is 2.93. The smallest absolute Gasteiger partial charge is 0.416 e. The second kappa shape index (κ2) is 14.2. The zero-order valence-corrected chi connectivity index (χ0v) is 24.4. The highest BCUT2D eigenvalue weighted by Gasteiger charge is 2.35. The fourth-order valence-electron chi connectivity index (χ4n) is 4.17. The lowest BCUT2D eigenvalue weighted by Crippen LogP contribution is -2.51. The molecular formula is C30H34F3N3O5S. The lowest BCUT2D eigenvalue weighted by Gasteiger charge is -2.32. The molecule has 0 aliphatic heterocycles. The Hall–Kier alpha value is -4.06. The number of hydrogen-bond acceptors (Lipinski definition) is 5. The van der Waals surface area contributed by atoms with Gasteiger partial charge >= 0.3 is 6.18 Å². The van der Waals surface area contributed by atoms with Crippen LogP contribution in [0.2, 0.25) is 0 Å². The Balaban J connectivity index is 2.06. The van der Waals surface area contributed by atoms with Crippen molar-refractivity contribution in [2.75, 3.05) is 24.5 Å². The topological polar surface area (TPSA) is 96.0 Å². The van der Waals surface area contributed by atoms with Crippen LogP contribution >= 0.6 is 0 Å². The second-order valence-corrected chi connectivity index (χ2v) is 11.4. The molecule has 42 heavy (non-hydrogen) atoms. The van der Waals surface area contributed by atoms with E-state index in [-0.39, 0.29) is 17.1 Å². The van der Waals surface area contributed by atoms with Gasteiger partial charge in [-0.25, -0.2) is 8.42 Å². The quantitative estimate of drug-likeness (QED) is 0.269. The first-order chi connectivity index (χ1) is 19.9. The minimum atomic E-state index is -4.74. The number of hydrogen-bond donors (Lipinski definition) is 1. The van der Waals surface area contributed by atoms with Crippen molar-refractivity contribution in [3.8, 4) is 5.75 Å². The highest BCUT2D eigenvalue weighted by atomic mass is 32.2. The fraction of sp³-hybridized carbons (Fsp3) is 0.333. The highest BCUT2D eigenvalue weighted by Crippen LogP contribution is 2.33. The lowest BCUT2D eigenvalue weighted by molar-refractivity contribution is -0.139. The summed E-state index contributed by atoms with van der Waals surface area (Å²) in [6.07, 6.45) is -3.18. The fourth-order valence-corrected chi connectivity index (χ4v) is 5.60. The number of amides is 2. The van der Waals surface area contributed by atoms with Crippen LogP contribution in [0.25, 0.3) is 0 Å². The summed E-state index contributed by atoms with van der Waals surface area (Å²) in [5.74, 6) is -0.721. The van der Waals surface area contributed by atoms with Crippen molar-refractivity contribution in [1.29, 1.82) is 0 Å². The van der Waals surface area contributed by atoms with Crippen molar-refractivity contribution in [3.63, 3.8) is 0 Å². The zero-order valence-electron chi connectivity index (χ0n) is 23.6. The standard InChI is InChI=1S/C30H34F3N3O5S/c1-4-5-17-34-29(38)22(2)35(20-23-11-9-14-26(18-23)41-3)28(37)21-36(42(39,40)27-15-7-6-8-16-27)25-13-10-12-24(19-25)30(31,32)33/h6-16,18-19,22H,4-5,17,20-21H2,1-3H3,(H,34,38)/t22-/m0/s1. The van der Waals surface area contributed by atoms with Crippen LogP contribution in [0.1, 0.15) is 37.8 Å². The second-order valence-electron chi connectivity index (χ2n) is 9.57. The molecule has 0 aliphatic carbocycles. The maximum Gasteiger partial charge on any atom is 0.416 e. The maximum atomic E-state index is 13.9. The maximum absolute atomic E-state index is 13.9. The third-order valence-corrected chi connectivity index (χ3v) is 8.34. The summed E-state index contributed by atoms with van der Waals surface area (Å²) in [5.41, 5.74) is -0.812. The molecule has 0 bridgehead atoms. The molecule has 0 spiro atoms. The van der Waals surface area contributed by atoms with Crippen LogP contribution in [0.3, 0.4) is 0 Å². The van der Waals surface area contributed by atoms with E-state index in [0.717, 1.165) is 25.0 Å². The van der Waals surface area contributed by atoms with Gasteiger partial charge in [-0.15, -0.1) is 0 Å². The number of benzene rings is 3. The molecule has 226 valence electrons. The highest BCUT2D eigenvalue weighted by molar-refractivity contribution is 7.92. The molecule has 8 nitrogen and oxygen atoms in total. The molecule has 12 heteroatoms. The average Bonchev–Trinajstić information content (AvgIpc) is 2.98. The van der Waals surface area contributed by atoms with Crippen LogP contribution in [0.5, 0.6) is 5.75 Å². The summed E-state index contributed by atoms with van der Waals surface area (Å²) < 4.78 is 74.1.